The molecule has 1 aromatic rings. The molecule has 128 valence electrons. The van der Waals surface area contributed by atoms with Gasteiger partial charge in [-0.1, -0.05) is 18.6 Å². The smallest absolute Gasteiger partial charge is 0.251 e. The number of likely N-dealkylation sites (tertiary alicyclic amines) is 1. The second kappa shape index (κ2) is 9.01. The molecule has 1 unspecified atom stereocenters. The van der Waals surface area contributed by atoms with Crippen molar-refractivity contribution in [3.63, 3.8) is 0 Å². The first kappa shape index (κ1) is 17.9. The van der Waals surface area contributed by atoms with E-state index in [0.29, 0.717) is 12.1 Å². The van der Waals surface area contributed by atoms with Crippen molar-refractivity contribution in [1.82, 2.24) is 15.1 Å². The van der Waals surface area contributed by atoms with Gasteiger partial charge in [-0.25, -0.2) is 0 Å². The van der Waals surface area contributed by atoms with Crippen LogP contribution in [0.3, 0.4) is 0 Å². The van der Waals surface area contributed by atoms with Gasteiger partial charge in [-0.05, 0) is 51.2 Å². The monoisotopic (exact) mass is 319 g/mol. The molecule has 1 amide bonds. The van der Waals surface area contributed by atoms with Crippen LogP contribution in [0.1, 0.15) is 35.2 Å². The summed E-state index contributed by atoms with van der Waals surface area (Å²) in [5, 5.41) is 12.4. The Kier molecular flexibility index (Phi) is 7.02. The fourth-order valence-corrected chi connectivity index (χ4v) is 3.10. The number of benzene rings is 1. The molecule has 0 radical (unpaired) electrons. The normalized spacial score (nSPS) is 19.0. The van der Waals surface area contributed by atoms with E-state index >= 15 is 0 Å². The minimum atomic E-state index is -0.0287. The Morgan fingerprint density at radius 3 is 2.70 bits per heavy atom. The molecule has 1 heterocycles. The predicted octanol–water partition coefficient (Wildman–Crippen LogP) is 1.32. The van der Waals surface area contributed by atoms with Crippen molar-refractivity contribution < 1.29 is 9.90 Å². The Balaban J connectivity index is 1.78. The van der Waals surface area contributed by atoms with Crippen molar-refractivity contribution in [1.29, 1.82) is 0 Å². The lowest BCUT2D eigenvalue weighted by Gasteiger charge is -2.34. The van der Waals surface area contributed by atoms with Crippen LogP contribution >= 0.6 is 0 Å². The molecular weight excluding hydrogens is 290 g/mol. The standard InChI is InChI=1S/C18H29N3O2/c1-20(2)13-15-6-8-16(9-7-15)18(23)19-10-12-21-11-4-3-5-17(21)14-22/h6-9,17,22H,3-5,10-14H2,1-2H3,(H,19,23). The summed E-state index contributed by atoms with van der Waals surface area (Å²) in [6.07, 6.45) is 3.42. The van der Waals surface area contributed by atoms with Crippen LogP contribution in [0.4, 0.5) is 0 Å². The molecule has 0 aliphatic carbocycles. The highest BCUT2D eigenvalue weighted by atomic mass is 16.3. The fourth-order valence-electron chi connectivity index (χ4n) is 3.10. The number of aliphatic hydroxyl groups is 1. The largest absolute Gasteiger partial charge is 0.395 e. The van der Waals surface area contributed by atoms with Gasteiger partial charge < -0.3 is 15.3 Å². The number of amides is 1. The molecule has 2 rings (SSSR count). The van der Waals surface area contributed by atoms with Crippen molar-refractivity contribution in [3.05, 3.63) is 35.4 Å². The lowest BCUT2D eigenvalue weighted by atomic mass is 10.0. The van der Waals surface area contributed by atoms with Gasteiger partial charge in [0.05, 0.1) is 6.61 Å². The van der Waals surface area contributed by atoms with Crippen molar-refractivity contribution in [3.8, 4) is 0 Å². The first-order chi connectivity index (χ1) is 11.1. The van der Waals surface area contributed by atoms with Gasteiger partial charge in [-0.3, -0.25) is 9.69 Å². The average molecular weight is 319 g/mol. The molecule has 0 bridgehead atoms. The molecule has 0 aromatic heterocycles. The maximum atomic E-state index is 12.2. The van der Waals surface area contributed by atoms with E-state index in [4.69, 9.17) is 0 Å². The van der Waals surface area contributed by atoms with Crippen molar-refractivity contribution in [2.24, 2.45) is 0 Å². The lowest BCUT2D eigenvalue weighted by molar-refractivity contribution is 0.0849. The Bertz CT molecular complexity index is 488. The molecule has 0 spiro atoms. The number of aliphatic hydroxyl groups excluding tert-OH is 1. The third-order valence-corrected chi connectivity index (χ3v) is 4.36. The second-order valence-corrected chi connectivity index (χ2v) is 6.56. The van der Waals surface area contributed by atoms with E-state index in [9.17, 15) is 9.90 Å². The van der Waals surface area contributed by atoms with E-state index in [1.807, 2.05) is 38.4 Å². The van der Waals surface area contributed by atoms with Gasteiger partial charge in [-0.2, -0.15) is 0 Å². The van der Waals surface area contributed by atoms with Gasteiger partial charge in [0.25, 0.3) is 5.91 Å². The van der Waals surface area contributed by atoms with Gasteiger partial charge in [-0.15, -0.1) is 0 Å². The molecule has 5 nitrogen and oxygen atoms in total. The molecule has 23 heavy (non-hydrogen) atoms. The average Bonchev–Trinajstić information content (AvgIpc) is 2.55. The molecule has 1 aliphatic heterocycles. The highest BCUT2D eigenvalue weighted by molar-refractivity contribution is 5.94. The highest BCUT2D eigenvalue weighted by Gasteiger charge is 2.21. The number of nitrogens with one attached hydrogen (secondary N) is 1. The third-order valence-electron chi connectivity index (χ3n) is 4.36. The SMILES string of the molecule is CN(C)Cc1ccc(C(=O)NCCN2CCCCC2CO)cc1. The summed E-state index contributed by atoms with van der Waals surface area (Å²) in [5.41, 5.74) is 1.90. The molecule has 1 aromatic carbocycles. The topological polar surface area (TPSA) is 55.8 Å². The second-order valence-electron chi connectivity index (χ2n) is 6.56. The van der Waals surface area contributed by atoms with E-state index in [1.54, 1.807) is 0 Å². The summed E-state index contributed by atoms with van der Waals surface area (Å²) >= 11 is 0. The maximum absolute atomic E-state index is 12.2. The van der Waals surface area contributed by atoms with E-state index in [0.717, 1.165) is 26.1 Å². The van der Waals surface area contributed by atoms with Crippen LogP contribution in [0.2, 0.25) is 0 Å². The lowest BCUT2D eigenvalue weighted by Crippen LogP contribution is -2.45. The van der Waals surface area contributed by atoms with Crippen molar-refractivity contribution in [2.45, 2.75) is 31.8 Å². The first-order valence-corrected chi connectivity index (χ1v) is 8.47. The van der Waals surface area contributed by atoms with Crippen LogP contribution in [-0.2, 0) is 6.54 Å². The van der Waals surface area contributed by atoms with Crippen molar-refractivity contribution >= 4 is 5.91 Å². The summed E-state index contributed by atoms with van der Waals surface area (Å²) in [5.74, 6) is -0.0287. The van der Waals surface area contributed by atoms with Gasteiger partial charge in [0.1, 0.15) is 0 Å². The number of carbonyl (C=O) groups is 1. The van der Waals surface area contributed by atoms with Crippen LogP contribution in [0.5, 0.6) is 0 Å². The minimum absolute atomic E-state index is 0.0287. The minimum Gasteiger partial charge on any atom is -0.395 e. The van der Waals surface area contributed by atoms with Crippen LogP contribution in [0, 0.1) is 0 Å². The number of nitrogens with zero attached hydrogens (tertiary/aromatic N) is 2. The van der Waals surface area contributed by atoms with Crippen LogP contribution in [0.15, 0.2) is 24.3 Å². The van der Waals surface area contributed by atoms with Crippen LogP contribution < -0.4 is 5.32 Å². The number of hydrogen-bond acceptors (Lipinski definition) is 4. The molecule has 0 saturated carbocycles. The van der Waals surface area contributed by atoms with E-state index in [-0.39, 0.29) is 18.6 Å². The molecule has 1 atom stereocenters. The number of carbonyl (C=O) groups excluding carboxylic acids is 1. The highest BCUT2D eigenvalue weighted by Crippen LogP contribution is 2.15. The Labute approximate surface area is 139 Å². The summed E-state index contributed by atoms with van der Waals surface area (Å²) in [6.45, 7) is 3.52. The van der Waals surface area contributed by atoms with Gasteiger partial charge in [0.15, 0.2) is 0 Å². The summed E-state index contributed by atoms with van der Waals surface area (Å²) in [6, 6.07) is 8.02. The first-order valence-electron chi connectivity index (χ1n) is 8.47. The Morgan fingerprint density at radius 1 is 1.30 bits per heavy atom. The number of rotatable bonds is 7. The quantitative estimate of drug-likeness (QED) is 0.796. The number of hydrogen-bond donors (Lipinski definition) is 2. The Morgan fingerprint density at radius 2 is 2.04 bits per heavy atom. The Hall–Kier alpha value is -1.43. The van der Waals surface area contributed by atoms with Crippen LogP contribution in [0.25, 0.3) is 0 Å². The zero-order chi connectivity index (χ0) is 16.7. The van der Waals surface area contributed by atoms with Gasteiger partial charge in [0, 0.05) is 31.2 Å². The predicted molar refractivity (Wildman–Crippen MR) is 92.5 cm³/mol. The molecule has 1 aliphatic rings. The van der Waals surface area contributed by atoms with E-state index in [2.05, 4.69) is 15.1 Å². The number of piperidine rings is 1. The zero-order valence-electron chi connectivity index (χ0n) is 14.3. The molecule has 5 heteroatoms. The summed E-state index contributed by atoms with van der Waals surface area (Å²) < 4.78 is 0. The third kappa shape index (κ3) is 5.61. The molecule has 1 saturated heterocycles. The van der Waals surface area contributed by atoms with Crippen LogP contribution in [-0.4, -0.2) is 67.2 Å². The summed E-state index contributed by atoms with van der Waals surface area (Å²) in [4.78, 5) is 16.6. The fraction of sp³-hybridized carbons (Fsp3) is 0.611. The molecule has 2 N–H and O–H groups in total. The van der Waals surface area contributed by atoms with Crippen molar-refractivity contribution in [2.75, 3.05) is 40.3 Å². The van der Waals surface area contributed by atoms with Gasteiger partial charge >= 0.3 is 0 Å². The summed E-state index contributed by atoms with van der Waals surface area (Å²) in [7, 11) is 4.06. The maximum Gasteiger partial charge on any atom is 0.251 e. The van der Waals surface area contributed by atoms with Gasteiger partial charge in [0.2, 0.25) is 0 Å². The van der Waals surface area contributed by atoms with E-state index in [1.165, 1.54) is 18.4 Å². The molecule has 1 fully saturated rings. The zero-order valence-corrected chi connectivity index (χ0v) is 14.3. The molecular formula is C18H29N3O2. The van der Waals surface area contributed by atoms with E-state index < -0.39 is 0 Å².